The van der Waals surface area contributed by atoms with Crippen molar-refractivity contribution in [3.05, 3.63) is 40.6 Å². The van der Waals surface area contributed by atoms with Crippen molar-refractivity contribution in [3.8, 4) is 5.75 Å². The molecule has 2 nitrogen and oxygen atoms in total. The number of benzene rings is 1. The highest BCUT2D eigenvalue weighted by Gasteiger charge is 2.10. The van der Waals surface area contributed by atoms with E-state index in [9.17, 15) is 4.39 Å². The first-order valence-corrected chi connectivity index (χ1v) is 6.32. The smallest absolute Gasteiger partial charge is 0.131 e. The Morgan fingerprint density at radius 3 is 2.82 bits per heavy atom. The summed E-state index contributed by atoms with van der Waals surface area (Å²) < 4.78 is 19.9. The van der Waals surface area contributed by atoms with E-state index in [4.69, 9.17) is 4.74 Å². The van der Waals surface area contributed by atoms with Gasteiger partial charge in [-0.25, -0.2) is 4.39 Å². The first-order chi connectivity index (χ1) is 8.04. The summed E-state index contributed by atoms with van der Waals surface area (Å²) in [5.41, 5.74) is 0.650. The maximum absolute atomic E-state index is 13.8. The fraction of sp³-hybridized carbons (Fsp3) is 0.385. The van der Waals surface area contributed by atoms with Gasteiger partial charge in [0.25, 0.3) is 0 Å². The van der Waals surface area contributed by atoms with Crippen LogP contribution in [0.3, 0.4) is 0 Å². The van der Waals surface area contributed by atoms with Gasteiger partial charge < -0.3 is 10.1 Å². The minimum absolute atomic E-state index is 0.000176. The van der Waals surface area contributed by atoms with Crippen LogP contribution in [-0.2, 0) is 0 Å². The van der Waals surface area contributed by atoms with Gasteiger partial charge in [0.1, 0.15) is 18.2 Å². The lowest BCUT2D eigenvalue weighted by Crippen LogP contribution is -2.18. The van der Waals surface area contributed by atoms with Crippen molar-refractivity contribution in [1.82, 2.24) is 5.32 Å². The van der Waals surface area contributed by atoms with Crippen molar-refractivity contribution in [2.45, 2.75) is 19.9 Å². The summed E-state index contributed by atoms with van der Waals surface area (Å²) in [4.78, 5) is 0. The summed E-state index contributed by atoms with van der Waals surface area (Å²) in [5.74, 6) is 0.256. The van der Waals surface area contributed by atoms with Crippen molar-refractivity contribution >= 4 is 15.9 Å². The molecule has 1 aromatic rings. The molecule has 0 amide bonds. The van der Waals surface area contributed by atoms with Crippen LogP contribution in [0.15, 0.2) is 29.3 Å². The lowest BCUT2D eigenvalue weighted by Gasteiger charge is -2.14. The van der Waals surface area contributed by atoms with Gasteiger partial charge in [-0.2, -0.15) is 0 Å². The molecule has 0 aliphatic carbocycles. The van der Waals surface area contributed by atoms with E-state index in [0.717, 1.165) is 11.0 Å². The van der Waals surface area contributed by atoms with Crippen molar-refractivity contribution in [3.63, 3.8) is 0 Å². The van der Waals surface area contributed by atoms with Crippen LogP contribution in [0.4, 0.5) is 4.39 Å². The van der Waals surface area contributed by atoms with E-state index in [2.05, 4.69) is 27.8 Å². The highest BCUT2D eigenvalue weighted by molar-refractivity contribution is 9.11. The second-order valence-corrected chi connectivity index (χ2v) is 4.89. The molecular formula is C13H17BrFNO. The van der Waals surface area contributed by atoms with Gasteiger partial charge in [0.15, 0.2) is 0 Å². The van der Waals surface area contributed by atoms with Crippen molar-refractivity contribution in [1.29, 1.82) is 0 Å². The Morgan fingerprint density at radius 1 is 1.59 bits per heavy atom. The molecule has 1 atom stereocenters. The molecule has 1 N–H and O–H groups in total. The quantitative estimate of drug-likeness (QED) is 0.863. The first kappa shape index (κ1) is 14.2. The average molecular weight is 302 g/mol. The number of halogens is 2. The molecule has 4 heteroatoms. The summed E-state index contributed by atoms with van der Waals surface area (Å²) in [6, 6.07) is 4.91. The average Bonchev–Trinajstić information content (AvgIpc) is 2.26. The maximum atomic E-state index is 13.8. The van der Waals surface area contributed by atoms with E-state index in [0.29, 0.717) is 17.9 Å². The Morgan fingerprint density at radius 2 is 2.29 bits per heavy atom. The van der Waals surface area contributed by atoms with Gasteiger partial charge in [-0.15, -0.1) is 0 Å². The number of rotatable bonds is 6. The third-order valence-corrected chi connectivity index (χ3v) is 2.57. The molecule has 1 rings (SSSR count). The summed E-state index contributed by atoms with van der Waals surface area (Å²) in [7, 11) is 0. The van der Waals surface area contributed by atoms with E-state index in [1.54, 1.807) is 12.1 Å². The standard InChI is InChI=1S/C13H17BrFNO/c1-4-16-10(3)12-6-5-11(7-13(12)15)17-8-9(2)14/h5-7,10,16H,2,4,8H2,1,3H3. The third kappa shape index (κ3) is 4.48. The molecule has 0 aliphatic heterocycles. The lowest BCUT2D eigenvalue weighted by molar-refractivity contribution is 0.358. The minimum atomic E-state index is -0.254. The number of ether oxygens (including phenoxy) is 1. The van der Waals surface area contributed by atoms with E-state index in [-0.39, 0.29) is 11.9 Å². The Labute approximate surface area is 110 Å². The fourth-order valence-electron chi connectivity index (χ4n) is 1.53. The second kappa shape index (κ2) is 6.77. The van der Waals surface area contributed by atoms with Crippen LogP contribution in [-0.4, -0.2) is 13.2 Å². The zero-order valence-corrected chi connectivity index (χ0v) is 11.7. The van der Waals surface area contributed by atoms with E-state index >= 15 is 0 Å². The lowest BCUT2D eigenvalue weighted by atomic mass is 10.1. The van der Waals surface area contributed by atoms with Gasteiger partial charge in [-0.05, 0) is 19.5 Å². The highest BCUT2D eigenvalue weighted by atomic mass is 79.9. The zero-order chi connectivity index (χ0) is 12.8. The maximum Gasteiger partial charge on any atom is 0.131 e. The molecule has 0 spiro atoms. The van der Waals surface area contributed by atoms with Crippen LogP contribution in [0.25, 0.3) is 0 Å². The molecule has 0 radical (unpaired) electrons. The Kier molecular flexibility index (Phi) is 5.65. The van der Waals surface area contributed by atoms with E-state index < -0.39 is 0 Å². The van der Waals surface area contributed by atoms with Crippen LogP contribution in [0, 0.1) is 5.82 Å². The number of nitrogens with one attached hydrogen (secondary N) is 1. The van der Waals surface area contributed by atoms with Gasteiger partial charge >= 0.3 is 0 Å². The monoisotopic (exact) mass is 301 g/mol. The molecule has 0 saturated heterocycles. The Hall–Kier alpha value is -0.870. The van der Waals surface area contributed by atoms with Gasteiger partial charge in [0.2, 0.25) is 0 Å². The number of hydrogen-bond acceptors (Lipinski definition) is 2. The molecule has 1 aromatic carbocycles. The van der Waals surface area contributed by atoms with Gasteiger partial charge in [-0.3, -0.25) is 0 Å². The normalized spacial score (nSPS) is 12.2. The van der Waals surface area contributed by atoms with E-state index in [1.807, 2.05) is 13.8 Å². The summed E-state index contributed by atoms with van der Waals surface area (Å²) in [6.07, 6.45) is 0. The molecule has 1 unspecified atom stereocenters. The van der Waals surface area contributed by atoms with Gasteiger partial charge in [0.05, 0.1) is 0 Å². The second-order valence-electron chi connectivity index (χ2n) is 3.77. The third-order valence-electron chi connectivity index (χ3n) is 2.34. The van der Waals surface area contributed by atoms with Gasteiger partial charge in [0, 0.05) is 22.2 Å². The van der Waals surface area contributed by atoms with Crippen LogP contribution in [0.5, 0.6) is 5.75 Å². The molecule has 0 aromatic heterocycles. The van der Waals surface area contributed by atoms with Crippen molar-refractivity contribution in [2.24, 2.45) is 0 Å². The zero-order valence-electron chi connectivity index (χ0n) is 10.1. The van der Waals surface area contributed by atoms with Crippen LogP contribution < -0.4 is 10.1 Å². The topological polar surface area (TPSA) is 21.3 Å². The molecule has 0 bridgehead atoms. The van der Waals surface area contributed by atoms with Crippen LogP contribution >= 0.6 is 15.9 Å². The highest BCUT2D eigenvalue weighted by Crippen LogP contribution is 2.22. The Bertz CT molecular complexity index is 395. The van der Waals surface area contributed by atoms with Crippen molar-refractivity contribution in [2.75, 3.05) is 13.2 Å². The fourth-order valence-corrected chi connectivity index (χ4v) is 1.64. The molecule has 0 aliphatic rings. The van der Waals surface area contributed by atoms with Gasteiger partial charge in [-0.1, -0.05) is 35.5 Å². The summed E-state index contributed by atoms with van der Waals surface area (Å²) >= 11 is 3.19. The molecular weight excluding hydrogens is 285 g/mol. The Balaban J connectivity index is 2.75. The molecule has 0 saturated carbocycles. The summed E-state index contributed by atoms with van der Waals surface area (Å²) in [6.45, 7) is 8.72. The molecule has 94 valence electrons. The van der Waals surface area contributed by atoms with E-state index in [1.165, 1.54) is 6.07 Å². The van der Waals surface area contributed by atoms with Crippen LogP contribution in [0.1, 0.15) is 25.5 Å². The molecule has 0 fully saturated rings. The number of hydrogen-bond donors (Lipinski definition) is 1. The predicted molar refractivity (Wildman–Crippen MR) is 72.1 cm³/mol. The minimum Gasteiger partial charge on any atom is -0.488 e. The molecule has 0 heterocycles. The largest absolute Gasteiger partial charge is 0.488 e. The van der Waals surface area contributed by atoms with Crippen LogP contribution in [0.2, 0.25) is 0 Å². The van der Waals surface area contributed by atoms with Crippen molar-refractivity contribution < 1.29 is 9.13 Å². The SMILES string of the molecule is C=C(Br)COc1ccc(C(C)NCC)c(F)c1. The first-order valence-electron chi connectivity index (χ1n) is 5.53. The molecule has 17 heavy (non-hydrogen) atoms. The predicted octanol–water partition coefficient (Wildman–Crippen LogP) is 3.78. The summed E-state index contributed by atoms with van der Waals surface area (Å²) in [5, 5.41) is 3.17.